The van der Waals surface area contributed by atoms with Crippen LogP contribution in [0.3, 0.4) is 0 Å². The molecule has 5 heteroatoms. The average molecular weight is 353 g/mol. The zero-order valence-electron chi connectivity index (χ0n) is 14.4. The van der Waals surface area contributed by atoms with E-state index in [1.807, 2.05) is 48.0 Å². The predicted octanol–water partition coefficient (Wildman–Crippen LogP) is 4.94. The summed E-state index contributed by atoms with van der Waals surface area (Å²) >= 11 is 6.11. The number of aryl methyl sites for hydroxylation is 1. The molecule has 3 rings (SSSR count). The summed E-state index contributed by atoms with van der Waals surface area (Å²) in [5.74, 6) is 0. The number of nitrogens with one attached hydrogen (secondary N) is 1. The van der Waals surface area contributed by atoms with Gasteiger partial charge in [0, 0.05) is 28.8 Å². The smallest absolute Gasteiger partial charge is 0.104 e. The minimum Gasteiger partial charge on any atom is -0.377 e. The summed E-state index contributed by atoms with van der Waals surface area (Å²) < 4.78 is 1.97. The quantitative estimate of drug-likeness (QED) is 0.683. The Morgan fingerprint density at radius 2 is 2.12 bits per heavy atom. The lowest BCUT2D eigenvalue weighted by Gasteiger charge is -2.19. The largest absolute Gasteiger partial charge is 0.377 e. The first kappa shape index (κ1) is 17.2. The van der Waals surface area contributed by atoms with Gasteiger partial charge in [0.15, 0.2) is 0 Å². The molecular weight excluding hydrogens is 332 g/mol. The number of hydrogen-bond donors (Lipinski definition) is 1. The standard InChI is InChI=1S/C20H21ClN4/c1-4-19(16-6-5-7-17(21)11-16)24-15(3)20-12-25(13-23-20)18-8-9-22-14(2)10-18/h5-13,19,24H,3-4H2,1-2H3/t19-/m1/s1. The van der Waals surface area contributed by atoms with Crippen molar-refractivity contribution >= 4 is 17.3 Å². The average Bonchev–Trinajstić information content (AvgIpc) is 3.10. The number of aromatic nitrogens is 3. The molecule has 25 heavy (non-hydrogen) atoms. The number of benzene rings is 1. The first-order valence-electron chi connectivity index (χ1n) is 8.25. The summed E-state index contributed by atoms with van der Waals surface area (Å²) in [6.07, 6.45) is 6.47. The van der Waals surface area contributed by atoms with E-state index >= 15 is 0 Å². The number of nitrogens with zero attached hydrogens (tertiary/aromatic N) is 3. The van der Waals surface area contributed by atoms with Crippen LogP contribution in [-0.4, -0.2) is 14.5 Å². The Bertz CT molecular complexity index is 885. The van der Waals surface area contributed by atoms with Crippen molar-refractivity contribution in [2.75, 3.05) is 0 Å². The van der Waals surface area contributed by atoms with Crippen LogP contribution in [0.5, 0.6) is 0 Å². The highest BCUT2D eigenvalue weighted by Gasteiger charge is 2.13. The third kappa shape index (κ3) is 4.09. The van der Waals surface area contributed by atoms with Crippen LogP contribution in [0.15, 0.2) is 61.7 Å². The van der Waals surface area contributed by atoms with Crippen molar-refractivity contribution in [3.63, 3.8) is 0 Å². The summed E-state index contributed by atoms with van der Waals surface area (Å²) in [6, 6.07) is 12.0. The molecule has 0 saturated carbocycles. The summed E-state index contributed by atoms with van der Waals surface area (Å²) in [7, 11) is 0. The molecule has 0 aliphatic carbocycles. The summed E-state index contributed by atoms with van der Waals surface area (Å²) in [5.41, 5.74) is 4.74. The SMILES string of the molecule is C=C(N[C@H](CC)c1cccc(Cl)c1)c1cn(-c2ccnc(C)c2)cn1. The molecule has 0 aliphatic rings. The van der Waals surface area contributed by atoms with Gasteiger partial charge in [0.05, 0.1) is 18.1 Å². The molecule has 4 nitrogen and oxygen atoms in total. The lowest BCUT2D eigenvalue weighted by atomic mass is 10.0. The number of hydrogen-bond acceptors (Lipinski definition) is 3. The molecule has 1 N–H and O–H groups in total. The zero-order valence-corrected chi connectivity index (χ0v) is 15.2. The van der Waals surface area contributed by atoms with Crippen molar-refractivity contribution in [3.05, 3.63) is 83.7 Å². The Morgan fingerprint density at radius 3 is 2.84 bits per heavy atom. The van der Waals surface area contributed by atoms with Crippen LogP contribution in [0.4, 0.5) is 0 Å². The maximum Gasteiger partial charge on any atom is 0.104 e. The fourth-order valence-electron chi connectivity index (χ4n) is 2.74. The molecule has 0 saturated heterocycles. The lowest BCUT2D eigenvalue weighted by molar-refractivity contribution is 0.613. The van der Waals surface area contributed by atoms with E-state index in [2.05, 4.69) is 34.9 Å². The van der Waals surface area contributed by atoms with E-state index in [1.54, 1.807) is 12.5 Å². The maximum atomic E-state index is 6.11. The van der Waals surface area contributed by atoms with Crippen LogP contribution in [0, 0.1) is 6.92 Å². The van der Waals surface area contributed by atoms with Crippen molar-refractivity contribution in [3.8, 4) is 5.69 Å². The van der Waals surface area contributed by atoms with Gasteiger partial charge in [-0.25, -0.2) is 4.98 Å². The third-order valence-corrected chi connectivity index (χ3v) is 4.31. The van der Waals surface area contributed by atoms with Crippen LogP contribution in [-0.2, 0) is 0 Å². The minimum absolute atomic E-state index is 0.138. The normalized spacial score (nSPS) is 12.0. The molecule has 0 radical (unpaired) electrons. The predicted molar refractivity (Wildman–Crippen MR) is 103 cm³/mol. The van der Waals surface area contributed by atoms with Gasteiger partial charge < -0.3 is 9.88 Å². The molecule has 1 aromatic carbocycles. The number of imidazole rings is 1. The second kappa shape index (κ2) is 7.53. The van der Waals surface area contributed by atoms with Crippen molar-refractivity contribution < 1.29 is 0 Å². The fraction of sp³-hybridized carbons (Fsp3) is 0.200. The molecule has 3 aromatic rings. The van der Waals surface area contributed by atoms with Crippen molar-refractivity contribution in [2.45, 2.75) is 26.3 Å². The molecule has 128 valence electrons. The van der Waals surface area contributed by atoms with Crippen LogP contribution in [0.25, 0.3) is 11.4 Å². The van der Waals surface area contributed by atoms with E-state index in [0.717, 1.165) is 39.8 Å². The van der Waals surface area contributed by atoms with Gasteiger partial charge in [-0.15, -0.1) is 0 Å². The van der Waals surface area contributed by atoms with Gasteiger partial charge in [0.2, 0.25) is 0 Å². The maximum absolute atomic E-state index is 6.11. The highest BCUT2D eigenvalue weighted by atomic mass is 35.5. The van der Waals surface area contributed by atoms with Gasteiger partial charge >= 0.3 is 0 Å². The number of rotatable bonds is 6. The highest BCUT2D eigenvalue weighted by molar-refractivity contribution is 6.30. The van der Waals surface area contributed by atoms with Gasteiger partial charge in [-0.1, -0.05) is 37.2 Å². The lowest BCUT2D eigenvalue weighted by Crippen LogP contribution is -2.19. The van der Waals surface area contributed by atoms with Gasteiger partial charge in [0.25, 0.3) is 0 Å². The summed E-state index contributed by atoms with van der Waals surface area (Å²) in [4.78, 5) is 8.70. The Kier molecular flexibility index (Phi) is 5.19. The molecule has 2 heterocycles. The second-order valence-electron chi connectivity index (χ2n) is 5.96. The van der Waals surface area contributed by atoms with Crippen LogP contribution >= 0.6 is 11.6 Å². The van der Waals surface area contributed by atoms with E-state index in [1.165, 1.54) is 0 Å². The second-order valence-corrected chi connectivity index (χ2v) is 6.40. The van der Waals surface area contributed by atoms with Crippen molar-refractivity contribution in [2.24, 2.45) is 0 Å². The Hall–Kier alpha value is -2.59. The summed E-state index contributed by atoms with van der Waals surface area (Å²) in [6.45, 7) is 8.25. The Morgan fingerprint density at radius 1 is 1.28 bits per heavy atom. The molecule has 0 fully saturated rings. The first-order chi connectivity index (χ1) is 12.1. The highest BCUT2D eigenvalue weighted by Crippen LogP contribution is 2.23. The van der Waals surface area contributed by atoms with Gasteiger partial charge in [0.1, 0.15) is 5.69 Å². The molecule has 0 bridgehead atoms. The molecule has 0 spiro atoms. The van der Waals surface area contributed by atoms with E-state index in [9.17, 15) is 0 Å². The van der Waals surface area contributed by atoms with Crippen LogP contribution < -0.4 is 5.32 Å². The number of halogens is 1. The molecule has 0 amide bonds. The zero-order chi connectivity index (χ0) is 17.8. The topological polar surface area (TPSA) is 42.7 Å². The van der Waals surface area contributed by atoms with Crippen molar-refractivity contribution in [1.82, 2.24) is 19.9 Å². The van der Waals surface area contributed by atoms with Crippen LogP contribution in [0.1, 0.15) is 36.3 Å². The molecule has 0 aliphatic heterocycles. The van der Waals surface area contributed by atoms with E-state index in [-0.39, 0.29) is 6.04 Å². The van der Waals surface area contributed by atoms with E-state index < -0.39 is 0 Å². The van der Waals surface area contributed by atoms with Gasteiger partial charge in [-0.3, -0.25) is 4.98 Å². The molecular formula is C20H21ClN4. The van der Waals surface area contributed by atoms with Crippen molar-refractivity contribution in [1.29, 1.82) is 0 Å². The van der Waals surface area contributed by atoms with E-state index in [4.69, 9.17) is 11.6 Å². The Labute approximate surface area is 153 Å². The van der Waals surface area contributed by atoms with Gasteiger partial charge in [-0.2, -0.15) is 0 Å². The number of pyridine rings is 1. The molecule has 2 aromatic heterocycles. The minimum atomic E-state index is 0.138. The Balaban J connectivity index is 1.77. The monoisotopic (exact) mass is 352 g/mol. The molecule has 1 atom stereocenters. The first-order valence-corrected chi connectivity index (χ1v) is 8.63. The summed E-state index contributed by atoms with van der Waals surface area (Å²) in [5, 5.41) is 4.20. The van der Waals surface area contributed by atoms with Gasteiger partial charge in [-0.05, 0) is 43.2 Å². The fourth-order valence-corrected chi connectivity index (χ4v) is 2.94. The van der Waals surface area contributed by atoms with Crippen LogP contribution in [0.2, 0.25) is 5.02 Å². The molecule has 0 unspecified atom stereocenters. The van der Waals surface area contributed by atoms with E-state index in [0.29, 0.717) is 0 Å². The third-order valence-electron chi connectivity index (χ3n) is 4.08.